The van der Waals surface area contributed by atoms with Crippen molar-refractivity contribution in [2.75, 3.05) is 59.5 Å². The van der Waals surface area contributed by atoms with E-state index < -0.39 is 0 Å². The van der Waals surface area contributed by atoms with Gasteiger partial charge in [-0.1, -0.05) is 11.3 Å². The average Bonchev–Trinajstić information content (AvgIpc) is 3.25. The molecule has 2 aromatic carbocycles. The van der Waals surface area contributed by atoms with Gasteiger partial charge in [-0.05, 0) is 30.3 Å². The summed E-state index contributed by atoms with van der Waals surface area (Å²) in [5.41, 5.74) is 1.46. The number of aromatic nitrogens is 1. The first-order chi connectivity index (χ1) is 15.1. The number of carbonyl (C=O) groups is 1. The summed E-state index contributed by atoms with van der Waals surface area (Å²) in [6, 6.07) is 9.27. The van der Waals surface area contributed by atoms with E-state index in [9.17, 15) is 4.79 Å². The topological polar surface area (TPSA) is 73.4 Å². The number of piperazine rings is 1. The average molecular weight is 444 g/mol. The van der Waals surface area contributed by atoms with Gasteiger partial charge in [-0.2, -0.15) is 0 Å². The summed E-state index contributed by atoms with van der Waals surface area (Å²) in [6.07, 6.45) is 0. The van der Waals surface area contributed by atoms with Crippen LogP contribution in [0, 0.1) is 0 Å². The zero-order chi connectivity index (χ0) is 22.0. The molecule has 1 aliphatic heterocycles. The summed E-state index contributed by atoms with van der Waals surface area (Å²) >= 11 is 1.64. The van der Waals surface area contributed by atoms with Crippen LogP contribution in [-0.2, 0) is 0 Å². The summed E-state index contributed by atoms with van der Waals surface area (Å²) in [7, 11) is 6.28. The van der Waals surface area contributed by atoms with E-state index in [2.05, 4.69) is 4.90 Å². The summed E-state index contributed by atoms with van der Waals surface area (Å²) in [5, 5.41) is 0.961. The predicted octanol–water partition coefficient (Wildman–Crippen LogP) is 3.29. The number of methoxy groups -OCH3 is 4. The van der Waals surface area contributed by atoms with Crippen LogP contribution in [0.5, 0.6) is 23.0 Å². The van der Waals surface area contributed by atoms with Crippen LogP contribution in [0.25, 0.3) is 10.2 Å². The number of fused-ring (bicyclic) bond motifs is 1. The van der Waals surface area contributed by atoms with Gasteiger partial charge < -0.3 is 28.7 Å². The van der Waals surface area contributed by atoms with E-state index in [1.165, 1.54) is 14.2 Å². The fourth-order valence-electron chi connectivity index (χ4n) is 3.64. The molecule has 1 aromatic heterocycles. The summed E-state index contributed by atoms with van der Waals surface area (Å²) in [5.74, 6) is 2.16. The largest absolute Gasteiger partial charge is 0.497 e. The lowest BCUT2D eigenvalue weighted by molar-refractivity contribution is 0.0746. The van der Waals surface area contributed by atoms with Crippen LogP contribution in [0.1, 0.15) is 10.4 Å². The third-order valence-electron chi connectivity index (χ3n) is 5.33. The molecule has 31 heavy (non-hydrogen) atoms. The first-order valence-corrected chi connectivity index (χ1v) is 10.7. The van der Waals surface area contributed by atoms with E-state index in [1.807, 2.05) is 23.1 Å². The Bertz CT molecular complexity index is 1070. The van der Waals surface area contributed by atoms with Crippen molar-refractivity contribution in [1.82, 2.24) is 9.88 Å². The molecular formula is C22H25N3O5S. The van der Waals surface area contributed by atoms with Gasteiger partial charge in [-0.15, -0.1) is 0 Å². The molecule has 0 saturated carbocycles. The van der Waals surface area contributed by atoms with Gasteiger partial charge in [-0.3, -0.25) is 4.79 Å². The number of amides is 1. The van der Waals surface area contributed by atoms with E-state index in [4.69, 9.17) is 23.9 Å². The number of hydrogen-bond donors (Lipinski definition) is 0. The van der Waals surface area contributed by atoms with Crippen molar-refractivity contribution in [1.29, 1.82) is 0 Å². The second-order valence-electron chi connectivity index (χ2n) is 7.02. The maximum atomic E-state index is 13.1. The zero-order valence-corrected chi connectivity index (χ0v) is 18.8. The number of benzene rings is 2. The van der Waals surface area contributed by atoms with Crippen LogP contribution in [-0.4, -0.2) is 70.4 Å². The van der Waals surface area contributed by atoms with Crippen LogP contribution >= 0.6 is 11.3 Å². The highest BCUT2D eigenvalue weighted by Gasteiger charge is 2.26. The van der Waals surface area contributed by atoms with E-state index in [0.717, 1.165) is 21.1 Å². The van der Waals surface area contributed by atoms with Crippen LogP contribution in [0.3, 0.4) is 0 Å². The van der Waals surface area contributed by atoms with Gasteiger partial charge in [0.2, 0.25) is 5.75 Å². The lowest BCUT2D eigenvalue weighted by Gasteiger charge is -2.34. The third kappa shape index (κ3) is 4.05. The smallest absolute Gasteiger partial charge is 0.254 e. The highest BCUT2D eigenvalue weighted by Crippen LogP contribution is 2.38. The Labute approximate surface area is 184 Å². The number of carbonyl (C=O) groups excluding carboxylic acids is 1. The molecule has 1 amide bonds. The van der Waals surface area contributed by atoms with Crippen molar-refractivity contribution in [2.24, 2.45) is 0 Å². The van der Waals surface area contributed by atoms with E-state index in [-0.39, 0.29) is 5.91 Å². The molecule has 0 spiro atoms. The Balaban J connectivity index is 1.48. The minimum atomic E-state index is -0.0621. The normalized spacial score (nSPS) is 13.9. The molecule has 3 aromatic rings. The van der Waals surface area contributed by atoms with Crippen LogP contribution in [0.15, 0.2) is 30.3 Å². The molecular weight excluding hydrogens is 418 g/mol. The monoisotopic (exact) mass is 443 g/mol. The molecule has 0 radical (unpaired) electrons. The maximum Gasteiger partial charge on any atom is 0.254 e. The Morgan fingerprint density at radius 2 is 1.58 bits per heavy atom. The van der Waals surface area contributed by atoms with Crippen molar-refractivity contribution in [3.63, 3.8) is 0 Å². The highest BCUT2D eigenvalue weighted by atomic mass is 32.1. The molecule has 1 saturated heterocycles. The van der Waals surface area contributed by atoms with Crippen LogP contribution in [0.2, 0.25) is 0 Å². The van der Waals surface area contributed by atoms with E-state index >= 15 is 0 Å². The van der Waals surface area contributed by atoms with Gasteiger partial charge >= 0.3 is 0 Å². The maximum absolute atomic E-state index is 13.1. The molecule has 8 nitrogen and oxygen atoms in total. The van der Waals surface area contributed by atoms with Gasteiger partial charge in [0.25, 0.3) is 5.91 Å². The van der Waals surface area contributed by atoms with Gasteiger partial charge in [0.1, 0.15) is 5.75 Å². The van der Waals surface area contributed by atoms with Gasteiger partial charge in [-0.25, -0.2) is 4.98 Å². The zero-order valence-electron chi connectivity index (χ0n) is 18.0. The fourth-order valence-corrected chi connectivity index (χ4v) is 4.69. The molecule has 4 rings (SSSR count). The molecule has 1 fully saturated rings. The lowest BCUT2D eigenvalue weighted by atomic mass is 10.1. The molecule has 0 unspecified atom stereocenters. The summed E-state index contributed by atoms with van der Waals surface area (Å²) < 4.78 is 22.5. The molecule has 0 atom stereocenters. The Morgan fingerprint density at radius 1 is 0.903 bits per heavy atom. The minimum Gasteiger partial charge on any atom is -0.497 e. The highest BCUT2D eigenvalue weighted by molar-refractivity contribution is 7.22. The first kappa shape index (κ1) is 21.0. The minimum absolute atomic E-state index is 0.0621. The second-order valence-corrected chi connectivity index (χ2v) is 8.03. The van der Waals surface area contributed by atoms with Gasteiger partial charge in [0.05, 0.1) is 38.7 Å². The molecule has 0 N–H and O–H groups in total. The van der Waals surface area contributed by atoms with Crippen molar-refractivity contribution in [3.05, 3.63) is 35.9 Å². The number of ether oxygens (including phenoxy) is 4. The van der Waals surface area contributed by atoms with Crippen molar-refractivity contribution in [3.8, 4) is 23.0 Å². The molecule has 0 bridgehead atoms. The van der Waals surface area contributed by atoms with Crippen molar-refractivity contribution < 1.29 is 23.7 Å². The molecule has 0 aliphatic carbocycles. The Kier molecular flexibility index (Phi) is 6.03. The van der Waals surface area contributed by atoms with Gasteiger partial charge in [0.15, 0.2) is 16.6 Å². The standard InChI is InChI=1S/C22H25N3O5S/c1-27-15-5-6-16-19(13-15)31-22(23-16)25-9-7-24(8-10-25)21(26)14-11-17(28-2)20(30-4)18(12-14)29-3/h5-6,11-13H,7-10H2,1-4H3. The first-order valence-electron chi connectivity index (χ1n) is 9.86. The number of rotatable bonds is 6. The SMILES string of the molecule is COc1ccc2nc(N3CCN(C(=O)c4cc(OC)c(OC)c(OC)c4)CC3)sc2c1. The second kappa shape index (κ2) is 8.89. The van der Waals surface area contributed by atoms with E-state index in [1.54, 1.807) is 37.7 Å². The fraction of sp³-hybridized carbons (Fsp3) is 0.364. The lowest BCUT2D eigenvalue weighted by Crippen LogP contribution is -2.48. The molecule has 2 heterocycles. The Hall–Kier alpha value is -3.20. The summed E-state index contributed by atoms with van der Waals surface area (Å²) in [6.45, 7) is 2.64. The van der Waals surface area contributed by atoms with Gasteiger partial charge in [0, 0.05) is 31.7 Å². The molecule has 164 valence electrons. The van der Waals surface area contributed by atoms with Crippen LogP contribution < -0.4 is 23.8 Å². The van der Waals surface area contributed by atoms with Crippen molar-refractivity contribution in [2.45, 2.75) is 0 Å². The third-order valence-corrected chi connectivity index (χ3v) is 6.41. The van der Waals surface area contributed by atoms with Crippen LogP contribution in [0.4, 0.5) is 5.13 Å². The Morgan fingerprint density at radius 3 is 2.16 bits per heavy atom. The summed E-state index contributed by atoms with van der Waals surface area (Å²) in [4.78, 5) is 21.9. The predicted molar refractivity (Wildman–Crippen MR) is 120 cm³/mol. The van der Waals surface area contributed by atoms with Crippen molar-refractivity contribution >= 4 is 32.6 Å². The quantitative estimate of drug-likeness (QED) is 0.579. The number of anilines is 1. The number of nitrogens with zero attached hydrogens (tertiary/aromatic N) is 3. The molecule has 9 heteroatoms. The van der Waals surface area contributed by atoms with E-state index in [0.29, 0.717) is 49.0 Å². The number of hydrogen-bond acceptors (Lipinski definition) is 8. The molecule has 1 aliphatic rings. The number of thiazole rings is 1.